The highest BCUT2D eigenvalue weighted by molar-refractivity contribution is 9.10. The van der Waals surface area contributed by atoms with Crippen LogP contribution in [0.1, 0.15) is 45.1 Å². The Morgan fingerprint density at radius 1 is 1.26 bits per heavy atom. The molecule has 104 valence electrons. The number of halogens is 1. The minimum Gasteiger partial charge on any atom is -0.346 e. The maximum atomic E-state index is 12.4. The van der Waals surface area contributed by atoms with Gasteiger partial charge in [-0.1, -0.05) is 40.9 Å². The first-order chi connectivity index (χ1) is 8.83. The molecule has 1 aliphatic carbocycles. The third-order valence-corrected chi connectivity index (χ3v) is 4.47. The second kappa shape index (κ2) is 5.25. The van der Waals surface area contributed by atoms with Crippen LogP contribution < -0.4 is 11.1 Å². The van der Waals surface area contributed by atoms with Gasteiger partial charge in [0.2, 0.25) is 5.91 Å². The van der Waals surface area contributed by atoms with Crippen molar-refractivity contribution in [2.45, 2.75) is 50.6 Å². The SMILES string of the molecule is CC(C)(NC(=O)C1(N)CCCC1)c1ccc(Br)cc1. The summed E-state index contributed by atoms with van der Waals surface area (Å²) < 4.78 is 1.03. The van der Waals surface area contributed by atoms with E-state index in [1.807, 2.05) is 38.1 Å². The second-order valence-corrected chi connectivity index (χ2v) is 6.86. The van der Waals surface area contributed by atoms with Gasteiger partial charge in [0.05, 0.1) is 11.1 Å². The molecule has 0 aliphatic heterocycles. The molecule has 2 rings (SSSR count). The Hall–Kier alpha value is -0.870. The van der Waals surface area contributed by atoms with Crippen molar-refractivity contribution in [3.63, 3.8) is 0 Å². The maximum absolute atomic E-state index is 12.4. The van der Waals surface area contributed by atoms with Crippen molar-refractivity contribution in [2.75, 3.05) is 0 Å². The minimum atomic E-state index is -0.674. The van der Waals surface area contributed by atoms with E-state index in [1.54, 1.807) is 0 Å². The van der Waals surface area contributed by atoms with Crippen LogP contribution in [0, 0.1) is 0 Å². The van der Waals surface area contributed by atoms with Gasteiger partial charge in [-0.2, -0.15) is 0 Å². The van der Waals surface area contributed by atoms with Crippen LogP contribution in [0.2, 0.25) is 0 Å². The zero-order valence-corrected chi connectivity index (χ0v) is 13.1. The van der Waals surface area contributed by atoms with Gasteiger partial charge in [-0.15, -0.1) is 0 Å². The Kier molecular flexibility index (Phi) is 4.02. The Bertz CT molecular complexity index is 462. The molecular weight excluding hydrogens is 304 g/mol. The topological polar surface area (TPSA) is 55.1 Å². The van der Waals surface area contributed by atoms with Crippen molar-refractivity contribution < 1.29 is 4.79 Å². The van der Waals surface area contributed by atoms with Crippen molar-refractivity contribution in [2.24, 2.45) is 5.73 Å². The van der Waals surface area contributed by atoms with Crippen LogP contribution >= 0.6 is 15.9 Å². The van der Waals surface area contributed by atoms with E-state index in [0.717, 1.165) is 35.7 Å². The van der Waals surface area contributed by atoms with Crippen LogP contribution in [0.5, 0.6) is 0 Å². The summed E-state index contributed by atoms with van der Waals surface area (Å²) in [5.74, 6) is -0.0297. The molecule has 1 aliphatic rings. The monoisotopic (exact) mass is 324 g/mol. The molecule has 3 N–H and O–H groups in total. The average molecular weight is 325 g/mol. The molecule has 0 spiro atoms. The summed E-state index contributed by atoms with van der Waals surface area (Å²) >= 11 is 3.42. The summed E-state index contributed by atoms with van der Waals surface area (Å²) in [6, 6.07) is 8.00. The molecule has 4 heteroatoms. The summed E-state index contributed by atoms with van der Waals surface area (Å²) in [7, 11) is 0. The highest BCUT2D eigenvalue weighted by Gasteiger charge is 2.39. The van der Waals surface area contributed by atoms with Gasteiger partial charge in [-0.3, -0.25) is 4.79 Å². The Labute approximate surface area is 123 Å². The molecule has 0 heterocycles. The fourth-order valence-corrected chi connectivity index (χ4v) is 2.84. The predicted octanol–water partition coefficient (Wildman–Crippen LogP) is 3.07. The van der Waals surface area contributed by atoms with E-state index in [9.17, 15) is 4.79 Å². The fourth-order valence-electron chi connectivity index (χ4n) is 2.58. The van der Waals surface area contributed by atoms with Crippen molar-refractivity contribution >= 4 is 21.8 Å². The van der Waals surface area contributed by atoms with Gasteiger partial charge in [0.25, 0.3) is 0 Å². The van der Waals surface area contributed by atoms with Crippen LogP contribution in [0.3, 0.4) is 0 Å². The van der Waals surface area contributed by atoms with Crippen LogP contribution in [0.15, 0.2) is 28.7 Å². The highest BCUT2D eigenvalue weighted by atomic mass is 79.9. The third-order valence-electron chi connectivity index (χ3n) is 3.94. The molecule has 3 nitrogen and oxygen atoms in total. The average Bonchev–Trinajstić information content (AvgIpc) is 2.77. The number of carbonyl (C=O) groups is 1. The second-order valence-electron chi connectivity index (χ2n) is 5.95. The van der Waals surface area contributed by atoms with E-state index in [0.29, 0.717) is 0 Å². The Morgan fingerprint density at radius 3 is 2.32 bits per heavy atom. The van der Waals surface area contributed by atoms with Crippen LogP contribution in [-0.4, -0.2) is 11.4 Å². The number of carbonyl (C=O) groups excluding carboxylic acids is 1. The van der Waals surface area contributed by atoms with E-state index in [-0.39, 0.29) is 5.91 Å². The molecule has 1 amide bonds. The van der Waals surface area contributed by atoms with E-state index >= 15 is 0 Å². The molecular formula is C15H21BrN2O. The number of rotatable bonds is 3. The van der Waals surface area contributed by atoms with E-state index in [4.69, 9.17) is 5.73 Å². The van der Waals surface area contributed by atoms with Crippen molar-refractivity contribution in [1.29, 1.82) is 0 Å². The van der Waals surface area contributed by atoms with Crippen LogP contribution in [0.4, 0.5) is 0 Å². The summed E-state index contributed by atoms with van der Waals surface area (Å²) in [6.07, 6.45) is 3.66. The molecule has 1 aromatic rings. The zero-order chi connectivity index (χ0) is 14.1. The Balaban J connectivity index is 2.12. The lowest BCUT2D eigenvalue weighted by molar-refractivity contribution is -0.127. The number of nitrogens with two attached hydrogens (primary N) is 1. The number of benzene rings is 1. The van der Waals surface area contributed by atoms with E-state index in [2.05, 4.69) is 21.2 Å². The van der Waals surface area contributed by atoms with Crippen molar-refractivity contribution in [1.82, 2.24) is 5.32 Å². The number of hydrogen-bond donors (Lipinski definition) is 2. The summed E-state index contributed by atoms with van der Waals surface area (Å²) in [4.78, 5) is 12.4. The third kappa shape index (κ3) is 3.18. The van der Waals surface area contributed by atoms with Crippen molar-refractivity contribution in [3.05, 3.63) is 34.3 Å². The molecule has 1 fully saturated rings. The molecule has 0 atom stereocenters. The number of nitrogens with one attached hydrogen (secondary N) is 1. The fraction of sp³-hybridized carbons (Fsp3) is 0.533. The van der Waals surface area contributed by atoms with Crippen LogP contribution in [-0.2, 0) is 10.3 Å². The van der Waals surface area contributed by atoms with Crippen LogP contribution in [0.25, 0.3) is 0 Å². The standard InChI is InChI=1S/C15H21BrN2O/c1-14(2,11-5-7-12(16)8-6-11)18-13(19)15(17)9-3-4-10-15/h5-8H,3-4,9-10,17H2,1-2H3,(H,18,19). The molecule has 0 unspecified atom stereocenters. The lowest BCUT2D eigenvalue weighted by atomic mass is 9.91. The zero-order valence-electron chi connectivity index (χ0n) is 11.5. The molecule has 1 saturated carbocycles. The van der Waals surface area contributed by atoms with Gasteiger partial charge in [0, 0.05) is 4.47 Å². The first-order valence-corrected chi connectivity index (χ1v) is 7.50. The van der Waals surface area contributed by atoms with Crippen molar-refractivity contribution in [3.8, 4) is 0 Å². The van der Waals surface area contributed by atoms with Gasteiger partial charge < -0.3 is 11.1 Å². The molecule has 19 heavy (non-hydrogen) atoms. The Morgan fingerprint density at radius 2 is 1.79 bits per heavy atom. The lowest BCUT2D eigenvalue weighted by Gasteiger charge is -2.32. The number of hydrogen-bond acceptors (Lipinski definition) is 2. The molecule has 1 aromatic carbocycles. The summed E-state index contributed by atoms with van der Waals surface area (Å²) in [5.41, 5.74) is 6.18. The van der Waals surface area contributed by atoms with Gasteiger partial charge in [-0.25, -0.2) is 0 Å². The first-order valence-electron chi connectivity index (χ1n) is 6.71. The van der Waals surface area contributed by atoms with Gasteiger partial charge in [-0.05, 0) is 44.4 Å². The highest BCUT2D eigenvalue weighted by Crippen LogP contribution is 2.29. The molecule has 0 radical (unpaired) electrons. The first kappa shape index (κ1) is 14.5. The van der Waals surface area contributed by atoms with Gasteiger partial charge >= 0.3 is 0 Å². The normalized spacial score (nSPS) is 18.3. The van der Waals surface area contributed by atoms with E-state index in [1.165, 1.54) is 0 Å². The van der Waals surface area contributed by atoms with Gasteiger partial charge in [0.1, 0.15) is 0 Å². The smallest absolute Gasteiger partial charge is 0.240 e. The maximum Gasteiger partial charge on any atom is 0.240 e. The van der Waals surface area contributed by atoms with Gasteiger partial charge in [0.15, 0.2) is 0 Å². The predicted molar refractivity (Wildman–Crippen MR) is 80.7 cm³/mol. The molecule has 0 bridgehead atoms. The molecule has 0 saturated heterocycles. The van der Waals surface area contributed by atoms with E-state index < -0.39 is 11.1 Å². The summed E-state index contributed by atoms with van der Waals surface area (Å²) in [5, 5.41) is 3.10. The lowest BCUT2D eigenvalue weighted by Crippen LogP contribution is -2.56. The summed E-state index contributed by atoms with van der Waals surface area (Å²) in [6.45, 7) is 4.01. The molecule has 0 aromatic heterocycles. The quantitative estimate of drug-likeness (QED) is 0.897. The largest absolute Gasteiger partial charge is 0.346 e. The number of amides is 1. The minimum absolute atomic E-state index is 0.0297.